The quantitative estimate of drug-likeness (QED) is 0.0799. The normalized spacial score (nSPS) is 13.4. The van der Waals surface area contributed by atoms with Gasteiger partial charge in [0.25, 0.3) is 0 Å². The van der Waals surface area contributed by atoms with Crippen molar-refractivity contribution in [2.45, 2.75) is 42.4 Å². The number of rotatable bonds is 13. The average molecular weight is 705 g/mol. The van der Waals surface area contributed by atoms with Gasteiger partial charge in [-0.15, -0.1) is 0 Å². The highest BCUT2D eigenvalue weighted by Crippen LogP contribution is 2.47. The van der Waals surface area contributed by atoms with E-state index in [1.807, 2.05) is 12.1 Å². The van der Waals surface area contributed by atoms with Crippen LogP contribution in [0.2, 0.25) is 0 Å². The van der Waals surface area contributed by atoms with E-state index in [1.165, 1.54) is 17.2 Å². The molecule has 20 heteroatoms. The highest BCUT2D eigenvalue weighted by Gasteiger charge is 2.68. The second-order valence-corrected chi connectivity index (χ2v) is 12.9. The summed E-state index contributed by atoms with van der Waals surface area (Å²) in [6.07, 6.45) is -12.0. The summed E-state index contributed by atoms with van der Waals surface area (Å²) in [5.41, 5.74) is 2.64. The van der Waals surface area contributed by atoms with Crippen molar-refractivity contribution in [1.82, 2.24) is 0 Å². The Morgan fingerprint density at radius 1 is 0.756 bits per heavy atom. The first kappa shape index (κ1) is 39.8. The Hall–Kier alpha value is -3.23. The fraction of sp³-hybridized carbons (Fsp3) is 0.400. The first-order valence-electron chi connectivity index (χ1n) is 12.1. The van der Waals surface area contributed by atoms with Crippen molar-refractivity contribution in [1.29, 1.82) is 0 Å². The smallest absolute Gasteiger partial charge is 0.462 e. The predicted molar refractivity (Wildman–Crippen MR) is 140 cm³/mol. The number of halogens is 10. The molecule has 2 rings (SSSR count). The number of hydrogen-bond donors (Lipinski definition) is 0. The third kappa shape index (κ3) is 11.0. The SMILES string of the molecule is C=CC(=O)OCCC[N+](C)(Cc1ccccc1)Cc1ccccc1.O=S(=O)([N-]S(=O)(=O)C(F)(F)C(F)(F)F)C(F)(F)C(F)(F)F. The van der Waals surface area contributed by atoms with Gasteiger partial charge in [0, 0.05) is 23.6 Å². The van der Waals surface area contributed by atoms with E-state index in [-0.39, 0.29) is 5.97 Å². The molecule has 0 N–H and O–H groups in total. The van der Waals surface area contributed by atoms with Crippen LogP contribution in [-0.2, 0) is 42.7 Å². The number of sulfonamides is 2. The molecular formula is C25H26F10N2O6S2. The molecule has 0 saturated heterocycles. The van der Waals surface area contributed by atoms with Gasteiger partial charge in [-0.1, -0.05) is 67.2 Å². The molecule has 0 atom stereocenters. The van der Waals surface area contributed by atoms with E-state index in [2.05, 4.69) is 62.2 Å². The Labute approximate surface area is 252 Å². The number of ether oxygens (including phenoxy) is 1. The van der Waals surface area contributed by atoms with Gasteiger partial charge in [-0.2, -0.15) is 43.9 Å². The maximum atomic E-state index is 12.3. The van der Waals surface area contributed by atoms with E-state index >= 15 is 0 Å². The van der Waals surface area contributed by atoms with E-state index in [0.717, 1.165) is 30.5 Å². The molecule has 0 unspecified atom stereocenters. The number of hydrogen-bond acceptors (Lipinski definition) is 6. The van der Waals surface area contributed by atoms with Gasteiger partial charge < -0.3 is 13.3 Å². The van der Waals surface area contributed by atoms with E-state index in [9.17, 15) is 65.5 Å². The molecule has 0 aliphatic carbocycles. The van der Waals surface area contributed by atoms with Crippen LogP contribution in [0.1, 0.15) is 17.5 Å². The molecule has 254 valence electrons. The van der Waals surface area contributed by atoms with E-state index in [4.69, 9.17) is 4.74 Å². The molecule has 0 heterocycles. The van der Waals surface area contributed by atoms with Crippen LogP contribution >= 0.6 is 0 Å². The molecule has 0 aliphatic heterocycles. The van der Waals surface area contributed by atoms with Crippen molar-refractivity contribution in [3.05, 3.63) is 88.6 Å². The van der Waals surface area contributed by atoms with Crippen molar-refractivity contribution in [2.75, 3.05) is 20.2 Å². The number of carbonyl (C=O) groups is 1. The van der Waals surface area contributed by atoms with Crippen molar-refractivity contribution >= 4 is 26.0 Å². The van der Waals surface area contributed by atoms with Crippen LogP contribution in [0.5, 0.6) is 0 Å². The lowest BCUT2D eigenvalue weighted by atomic mass is 10.1. The summed E-state index contributed by atoms with van der Waals surface area (Å²) >= 11 is 0. The van der Waals surface area contributed by atoms with Crippen LogP contribution in [0.15, 0.2) is 73.3 Å². The minimum Gasteiger partial charge on any atom is -0.462 e. The summed E-state index contributed by atoms with van der Waals surface area (Å²) < 4.78 is 167. The highest BCUT2D eigenvalue weighted by molar-refractivity contribution is 8.13. The molecule has 0 radical (unpaired) electrons. The number of quaternary nitrogens is 1. The van der Waals surface area contributed by atoms with Gasteiger partial charge in [0.15, 0.2) is 20.0 Å². The number of esters is 1. The number of nitrogens with zero attached hydrogens (tertiary/aromatic N) is 2. The van der Waals surface area contributed by atoms with Crippen LogP contribution in [-0.4, -0.2) is 70.3 Å². The van der Waals surface area contributed by atoms with Crippen molar-refractivity contribution in [3.63, 3.8) is 0 Å². The number of alkyl halides is 10. The molecule has 0 saturated carbocycles. The second kappa shape index (κ2) is 14.9. The zero-order valence-electron chi connectivity index (χ0n) is 23.0. The molecule has 2 aromatic rings. The molecule has 0 spiro atoms. The van der Waals surface area contributed by atoms with Crippen LogP contribution in [0.3, 0.4) is 0 Å². The summed E-state index contributed by atoms with van der Waals surface area (Å²) in [6, 6.07) is 21.1. The van der Waals surface area contributed by atoms with Crippen molar-refractivity contribution in [3.8, 4) is 0 Å². The molecule has 45 heavy (non-hydrogen) atoms. The molecule has 0 bridgehead atoms. The van der Waals surface area contributed by atoms with Gasteiger partial charge in [0.05, 0.1) is 20.2 Å². The van der Waals surface area contributed by atoms with Crippen molar-refractivity contribution in [2.24, 2.45) is 0 Å². The highest BCUT2D eigenvalue weighted by atomic mass is 32.3. The summed E-state index contributed by atoms with van der Waals surface area (Å²) in [5, 5.41) is -14.0. The zero-order valence-corrected chi connectivity index (χ0v) is 24.7. The monoisotopic (exact) mass is 704 g/mol. The van der Waals surface area contributed by atoms with Gasteiger partial charge >= 0.3 is 28.8 Å². The number of carbonyl (C=O) groups excluding carboxylic acids is 1. The van der Waals surface area contributed by atoms with Gasteiger partial charge in [-0.05, 0) is 0 Å². The second-order valence-electron chi connectivity index (χ2n) is 9.41. The van der Waals surface area contributed by atoms with Gasteiger partial charge in [-0.25, -0.2) is 21.6 Å². The molecule has 2 aromatic carbocycles. The summed E-state index contributed by atoms with van der Waals surface area (Å²) in [4.78, 5) is 11.2. The lowest BCUT2D eigenvalue weighted by Crippen LogP contribution is -2.48. The lowest BCUT2D eigenvalue weighted by Gasteiger charge is -2.35. The molecule has 0 fully saturated rings. The minimum absolute atomic E-state index is 0.352. The van der Waals surface area contributed by atoms with Crippen LogP contribution in [0.4, 0.5) is 43.9 Å². The van der Waals surface area contributed by atoms with E-state index in [1.54, 1.807) is 0 Å². The molecule has 8 nitrogen and oxygen atoms in total. The van der Waals surface area contributed by atoms with Gasteiger partial charge in [0.1, 0.15) is 13.1 Å². The Kier molecular flexibility index (Phi) is 13.2. The fourth-order valence-corrected chi connectivity index (χ4v) is 5.82. The largest absolute Gasteiger partial charge is 0.467 e. The van der Waals surface area contributed by atoms with Crippen LogP contribution in [0.25, 0.3) is 4.13 Å². The van der Waals surface area contributed by atoms with Crippen molar-refractivity contribution < 1.29 is 74.8 Å². The topological polar surface area (TPSA) is 109 Å². The minimum atomic E-state index is -7.62. The Morgan fingerprint density at radius 3 is 1.42 bits per heavy atom. The zero-order chi connectivity index (χ0) is 35.0. The average Bonchev–Trinajstić information content (AvgIpc) is 2.90. The third-order valence-electron chi connectivity index (χ3n) is 5.57. The summed E-state index contributed by atoms with van der Waals surface area (Å²) in [7, 11) is -13.0. The van der Waals surface area contributed by atoms with E-state index < -0.39 is 42.9 Å². The van der Waals surface area contributed by atoms with Crippen LogP contribution in [0, 0.1) is 0 Å². The third-order valence-corrected chi connectivity index (χ3v) is 8.90. The van der Waals surface area contributed by atoms with E-state index in [0.29, 0.717) is 10.7 Å². The summed E-state index contributed by atoms with van der Waals surface area (Å²) in [5.74, 6) is -0.352. The molecule has 0 aromatic heterocycles. The fourth-order valence-electron chi connectivity index (χ4n) is 3.46. The maximum absolute atomic E-state index is 12.3. The number of benzene rings is 2. The first-order valence-corrected chi connectivity index (χ1v) is 15.0. The van der Waals surface area contributed by atoms with Gasteiger partial charge in [-0.3, -0.25) is 0 Å². The predicted octanol–water partition coefficient (Wildman–Crippen LogP) is 6.28. The maximum Gasteiger partial charge on any atom is 0.467 e. The Balaban J connectivity index is 0.000000455. The lowest BCUT2D eigenvalue weighted by molar-refractivity contribution is -0.935. The standard InChI is InChI=1S/C21H26NO2.C4F10NO4S2/c1-3-21(23)24-16-10-15-22(2,17-19-11-6-4-7-12-19)18-20-13-8-5-9-14-20;5-1(6,7)3(11,12)20(16,17)15-21(18,19)4(13,14)2(8,9)10/h3-9,11-14H,1,10,15-18H2,2H3;/q+1;-1. The molecule has 0 amide bonds. The first-order chi connectivity index (χ1) is 20.3. The Morgan fingerprint density at radius 2 is 1.11 bits per heavy atom. The molecular weight excluding hydrogens is 678 g/mol. The summed E-state index contributed by atoms with van der Waals surface area (Å²) in [6.45, 7) is 6.69. The Bertz CT molecular complexity index is 1390. The van der Waals surface area contributed by atoms with Gasteiger partial charge in [0.2, 0.25) is 0 Å². The van der Waals surface area contributed by atoms with Crippen LogP contribution < -0.4 is 0 Å². The molecule has 0 aliphatic rings.